The summed E-state index contributed by atoms with van der Waals surface area (Å²) in [7, 11) is 3.47. The Balaban J connectivity index is 2.13. The first-order valence-electron chi connectivity index (χ1n) is 8.20. The number of hydrogen-bond acceptors (Lipinski definition) is 5. The smallest absolute Gasteiger partial charge is 0.253 e. The van der Waals surface area contributed by atoms with Gasteiger partial charge in [-0.25, -0.2) is 0 Å². The van der Waals surface area contributed by atoms with Crippen molar-refractivity contribution < 1.29 is 19.7 Å². The molecule has 2 atom stereocenters. The fourth-order valence-corrected chi connectivity index (χ4v) is 3.68. The first-order chi connectivity index (χ1) is 11.9. The van der Waals surface area contributed by atoms with E-state index in [1.54, 1.807) is 18.1 Å². The maximum absolute atomic E-state index is 12.0. The van der Waals surface area contributed by atoms with Crippen molar-refractivity contribution in [2.24, 2.45) is 5.92 Å². The molecule has 6 nitrogen and oxygen atoms in total. The number of halogens is 2. The molecule has 0 bridgehead atoms. The number of methoxy groups -OCH3 is 1. The van der Waals surface area contributed by atoms with Crippen LogP contribution in [0.15, 0.2) is 12.1 Å². The molecule has 1 heterocycles. The molecule has 8 heteroatoms. The molecular formula is C17H24Cl2N2O4. The molecule has 1 aliphatic heterocycles. The van der Waals surface area contributed by atoms with Gasteiger partial charge in [0.25, 0.3) is 5.91 Å². The largest absolute Gasteiger partial charge is 0.496 e. The molecule has 1 aromatic rings. The van der Waals surface area contributed by atoms with E-state index in [4.69, 9.17) is 33.0 Å². The van der Waals surface area contributed by atoms with Crippen LogP contribution in [0.5, 0.6) is 5.75 Å². The number of hydrogen-bond donors (Lipinski definition) is 3. The van der Waals surface area contributed by atoms with Crippen molar-refractivity contribution >= 4 is 29.1 Å². The Hall–Kier alpha value is -1.05. The minimum absolute atomic E-state index is 0.00438. The second-order valence-electron chi connectivity index (χ2n) is 6.14. The summed E-state index contributed by atoms with van der Waals surface area (Å²) in [5.74, 6) is 0.517. The fraction of sp³-hybridized carbons (Fsp3) is 0.588. The lowest BCUT2D eigenvalue weighted by atomic mass is 9.85. The van der Waals surface area contributed by atoms with Gasteiger partial charge in [0.1, 0.15) is 5.75 Å². The van der Waals surface area contributed by atoms with Crippen LogP contribution in [0.2, 0.25) is 10.0 Å². The lowest BCUT2D eigenvalue weighted by Crippen LogP contribution is -2.46. The van der Waals surface area contributed by atoms with Crippen LogP contribution in [0.4, 0.5) is 0 Å². The second kappa shape index (κ2) is 9.05. The van der Waals surface area contributed by atoms with Crippen LogP contribution in [0, 0.1) is 5.92 Å². The molecule has 0 aliphatic carbocycles. The third-order valence-electron chi connectivity index (χ3n) is 4.70. The first-order valence-corrected chi connectivity index (χ1v) is 8.96. The molecule has 140 valence electrons. The fourth-order valence-electron chi connectivity index (χ4n) is 3.35. The van der Waals surface area contributed by atoms with Crippen LogP contribution in [0.25, 0.3) is 0 Å². The molecule has 1 fully saturated rings. The molecule has 25 heavy (non-hydrogen) atoms. The number of aliphatic hydroxyl groups excluding tert-OH is 2. The maximum Gasteiger partial charge on any atom is 0.253 e. The maximum atomic E-state index is 12.0. The number of benzene rings is 1. The quantitative estimate of drug-likeness (QED) is 0.690. The highest BCUT2D eigenvalue weighted by Crippen LogP contribution is 2.39. The summed E-state index contributed by atoms with van der Waals surface area (Å²) in [4.78, 5) is 13.6. The van der Waals surface area contributed by atoms with E-state index in [0.717, 1.165) is 18.4 Å². The molecule has 2 rings (SSSR count). The zero-order chi connectivity index (χ0) is 18.6. The first kappa shape index (κ1) is 20.3. The molecule has 1 amide bonds. The van der Waals surface area contributed by atoms with E-state index in [1.165, 1.54) is 0 Å². The van der Waals surface area contributed by atoms with Gasteiger partial charge < -0.3 is 25.2 Å². The van der Waals surface area contributed by atoms with E-state index >= 15 is 0 Å². The number of piperidine rings is 1. The zero-order valence-corrected chi connectivity index (χ0v) is 15.8. The summed E-state index contributed by atoms with van der Waals surface area (Å²) in [6.07, 6.45) is 0.184. The molecule has 1 unspecified atom stereocenters. The Morgan fingerprint density at radius 1 is 1.36 bits per heavy atom. The van der Waals surface area contributed by atoms with Crippen LogP contribution >= 0.6 is 23.2 Å². The standard InChI is InChI=1S/C17H24Cl2N2O4/c1-20-16(11-7-12(18)13(19)8-15(11)25-2)10-3-5-21(6-4-10)17(24)14(23)9-22/h7-8,10,14,16,20,22-23H,3-6,9H2,1-2H3/t14-,16?/m1/s1. The monoisotopic (exact) mass is 390 g/mol. The SMILES string of the molecule is CNC(c1cc(Cl)c(Cl)cc1OC)C1CCN(C(=O)[C@H](O)CO)CC1. The molecule has 1 aliphatic rings. The van der Waals surface area contributed by atoms with Gasteiger partial charge in [-0.2, -0.15) is 0 Å². The summed E-state index contributed by atoms with van der Waals surface area (Å²) in [5, 5.41) is 22.7. The Kier molecular flexibility index (Phi) is 7.34. The predicted molar refractivity (Wildman–Crippen MR) is 97.2 cm³/mol. The van der Waals surface area contributed by atoms with Crippen molar-refractivity contribution in [1.82, 2.24) is 10.2 Å². The summed E-state index contributed by atoms with van der Waals surface area (Å²) in [6, 6.07) is 3.53. The van der Waals surface area contributed by atoms with Crippen molar-refractivity contribution in [3.8, 4) is 5.75 Å². The Labute approximate surface area is 157 Å². The molecular weight excluding hydrogens is 367 g/mol. The van der Waals surface area contributed by atoms with E-state index in [2.05, 4.69) is 5.32 Å². The summed E-state index contributed by atoms with van der Waals surface area (Å²) in [6.45, 7) is 0.503. The molecule has 0 saturated carbocycles. The van der Waals surface area contributed by atoms with Gasteiger partial charge in [0, 0.05) is 30.8 Å². The number of rotatable bonds is 6. The normalized spacial score (nSPS) is 18.1. The molecule has 0 aromatic heterocycles. The average molecular weight is 391 g/mol. The Bertz CT molecular complexity index is 607. The number of carbonyl (C=O) groups is 1. The number of likely N-dealkylation sites (tertiary alicyclic amines) is 1. The van der Waals surface area contributed by atoms with E-state index in [-0.39, 0.29) is 12.0 Å². The lowest BCUT2D eigenvalue weighted by molar-refractivity contribution is -0.143. The number of nitrogens with one attached hydrogen (secondary N) is 1. The van der Waals surface area contributed by atoms with Gasteiger partial charge in [0.15, 0.2) is 6.10 Å². The lowest BCUT2D eigenvalue weighted by Gasteiger charge is -2.37. The van der Waals surface area contributed by atoms with Crippen LogP contribution in [-0.4, -0.2) is 61.0 Å². The van der Waals surface area contributed by atoms with Crippen molar-refractivity contribution in [1.29, 1.82) is 0 Å². The third kappa shape index (κ3) is 4.57. The average Bonchev–Trinajstić information content (AvgIpc) is 2.64. The Morgan fingerprint density at radius 3 is 2.48 bits per heavy atom. The minimum Gasteiger partial charge on any atom is -0.496 e. The molecule has 0 radical (unpaired) electrons. The van der Waals surface area contributed by atoms with Crippen molar-refractivity contribution in [2.75, 3.05) is 33.9 Å². The van der Waals surface area contributed by atoms with Crippen LogP contribution < -0.4 is 10.1 Å². The van der Waals surface area contributed by atoms with Crippen LogP contribution in [-0.2, 0) is 4.79 Å². The second-order valence-corrected chi connectivity index (χ2v) is 6.95. The van der Waals surface area contributed by atoms with E-state index in [1.807, 2.05) is 13.1 Å². The van der Waals surface area contributed by atoms with Crippen LogP contribution in [0.3, 0.4) is 0 Å². The van der Waals surface area contributed by atoms with Gasteiger partial charge in [0.05, 0.1) is 23.8 Å². The highest BCUT2D eigenvalue weighted by molar-refractivity contribution is 6.42. The third-order valence-corrected chi connectivity index (χ3v) is 5.42. The van der Waals surface area contributed by atoms with Gasteiger partial charge in [-0.1, -0.05) is 23.2 Å². The van der Waals surface area contributed by atoms with Gasteiger partial charge in [-0.05, 0) is 31.9 Å². The van der Waals surface area contributed by atoms with E-state index in [0.29, 0.717) is 28.9 Å². The number of carbonyl (C=O) groups excluding carboxylic acids is 1. The van der Waals surface area contributed by atoms with Crippen LogP contribution in [0.1, 0.15) is 24.4 Å². The predicted octanol–water partition coefficient (Wildman–Crippen LogP) is 1.85. The van der Waals surface area contributed by atoms with Gasteiger partial charge in [-0.15, -0.1) is 0 Å². The van der Waals surface area contributed by atoms with E-state index < -0.39 is 18.6 Å². The molecule has 3 N–H and O–H groups in total. The summed E-state index contributed by atoms with van der Waals surface area (Å²) in [5.41, 5.74) is 0.930. The van der Waals surface area contributed by atoms with E-state index in [9.17, 15) is 9.90 Å². The molecule has 1 saturated heterocycles. The molecule has 0 spiro atoms. The van der Waals surface area contributed by atoms with Gasteiger partial charge >= 0.3 is 0 Å². The minimum atomic E-state index is -1.34. The number of amides is 1. The van der Waals surface area contributed by atoms with Crippen molar-refractivity contribution in [2.45, 2.75) is 25.0 Å². The highest BCUT2D eigenvalue weighted by atomic mass is 35.5. The molecule has 1 aromatic carbocycles. The van der Waals surface area contributed by atoms with Crippen molar-refractivity contribution in [3.05, 3.63) is 27.7 Å². The highest BCUT2D eigenvalue weighted by Gasteiger charge is 2.32. The topological polar surface area (TPSA) is 82.0 Å². The summed E-state index contributed by atoms with van der Waals surface area (Å²) >= 11 is 12.3. The number of nitrogens with zero attached hydrogens (tertiary/aromatic N) is 1. The van der Waals surface area contributed by atoms with Gasteiger partial charge in [-0.3, -0.25) is 4.79 Å². The number of aliphatic hydroxyl groups is 2. The van der Waals surface area contributed by atoms with Gasteiger partial charge in [0.2, 0.25) is 0 Å². The summed E-state index contributed by atoms with van der Waals surface area (Å²) < 4.78 is 5.45. The Morgan fingerprint density at radius 2 is 1.96 bits per heavy atom. The van der Waals surface area contributed by atoms with Crippen molar-refractivity contribution in [3.63, 3.8) is 0 Å². The zero-order valence-electron chi connectivity index (χ0n) is 14.3. The number of ether oxygens (including phenoxy) is 1.